The second-order valence-electron chi connectivity index (χ2n) is 11.8. The standard InChI is InChI=1S/C33H37ClN3O7P/c1-35-25-16-29(28(42-2)15-23(25)32(39)36-13-8-11-24(36)33(35)40)43-14-7-3-4-12-30(38)37-19-20(18-34)31-22-10-6-5-9-21(22)27(44-45-41)17-26(31)37/h5-6,9-10,15-17,20,24,33,40H,3-4,7-8,11-14,18-19H2,1-2H3/t20-,24+,33?/m1/s1. The summed E-state index contributed by atoms with van der Waals surface area (Å²) in [7, 11) is 2.88. The predicted molar refractivity (Wildman–Crippen MR) is 173 cm³/mol. The zero-order valence-electron chi connectivity index (χ0n) is 25.4. The van der Waals surface area contributed by atoms with Crippen molar-refractivity contribution in [2.24, 2.45) is 0 Å². The molecule has 1 unspecified atom stereocenters. The molecular formula is C33H37ClN3O7P. The Morgan fingerprint density at radius 2 is 1.84 bits per heavy atom. The Morgan fingerprint density at radius 3 is 2.60 bits per heavy atom. The van der Waals surface area contributed by atoms with Gasteiger partial charge in [0.05, 0.1) is 36.7 Å². The summed E-state index contributed by atoms with van der Waals surface area (Å²) < 4.78 is 28.3. The van der Waals surface area contributed by atoms with Crippen molar-refractivity contribution in [3.63, 3.8) is 0 Å². The van der Waals surface area contributed by atoms with Gasteiger partial charge in [0.2, 0.25) is 5.91 Å². The lowest BCUT2D eigenvalue weighted by Crippen LogP contribution is -2.47. The number of carbonyl (C=O) groups is 2. The number of rotatable bonds is 11. The highest BCUT2D eigenvalue weighted by atomic mass is 35.5. The number of hydrogen-bond acceptors (Lipinski definition) is 8. The quantitative estimate of drug-likeness (QED) is 0.150. The highest BCUT2D eigenvalue weighted by Gasteiger charge is 2.41. The van der Waals surface area contributed by atoms with E-state index in [-0.39, 0.29) is 23.8 Å². The van der Waals surface area contributed by atoms with Crippen LogP contribution in [0.3, 0.4) is 0 Å². The molecule has 6 rings (SSSR count). The van der Waals surface area contributed by atoms with Gasteiger partial charge in [-0.1, -0.05) is 24.3 Å². The fourth-order valence-electron chi connectivity index (χ4n) is 6.96. The first-order valence-electron chi connectivity index (χ1n) is 15.4. The third-order valence-electron chi connectivity index (χ3n) is 9.24. The lowest BCUT2D eigenvalue weighted by molar-refractivity contribution is -0.118. The summed E-state index contributed by atoms with van der Waals surface area (Å²) in [6.45, 7) is 1.52. The molecule has 238 valence electrons. The molecule has 0 bridgehead atoms. The van der Waals surface area contributed by atoms with E-state index in [1.165, 1.54) is 0 Å². The van der Waals surface area contributed by atoms with E-state index in [0.29, 0.717) is 73.3 Å². The summed E-state index contributed by atoms with van der Waals surface area (Å²) in [6.07, 6.45) is 3.36. The van der Waals surface area contributed by atoms with Gasteiger partial charge in [-0.2, -0.15) is 0 Å². The van der Waals surface area contributed by atoms with Gasteiger partial charge in [0.1, 0.15) is 12.0 Å². The largest absolute Gasteiger partial charge is 0.493 e. The number of hydrogen-bond donors (Lipinski definition) is 1. The average molecular weight is 654 g/mol. The number of halogens is 1. The van der Waals surface area contributed by atoms with E-state index in [0.717, 1.165) is 41.3 Å². The normalized spacial score (nSPS) is 20.7. The number of amides is 2. The smallest absolute Gasteiger partial charge is 0.395 e. The van der Waals surface area contributed by atoms with Gasteiger partial charge in [-0.05, 0) is 49.1 Å². The third kappa shape index (κ3) is 5.80. The Hall–Kier alpha value is -3.59. The fraction of sp³-hybridized carbons (Fsp3) is 0.455. The van der Waals surface area contributed by atoms with Gasteiger partial charge in [-0.15, -0.1) is 11.6 Å². The highest BCUT2D eigenvalue weighted by molar-refractivity contribution is 7.17. The lowest BCUT2D eigenvalue weighted by atomic mass is 9.95. The Balaban J connectivity index is 1.08. The highest BCUT2D eigenvalue weighted by Crippen LogP contribution is 2.46. The Labute approximate surface area is 269 Å². The summed E-state index contributed by atoms with van der Waals surface area (Å²) in [5, 5.41) is 12.8. The second kappa shape index (κ2) is 13.4. The molecule has 3 aromatic rings. The minimum Gasteiger partial charge on any atom is -0.493 e. The number of alkyl halides is 1. The van der Waals surface area contributed by atoms with E-state index < -0.39 is 14.9 Å². The van der Waals surface area contributed by atoms with Gasteiger partial charge >= 0.3 is 8.69 Å². The zero-order valence-corrected chi connectivity index (χ0v) is 27.1. The van der Waals surface area contributed by atoms with Crippen LogP contribution in [0.4, 0.5) is 11.4 Å². The van der Waals surface area contributed by atoms with Crippen LogP contribution in [0.1, 0.15) is 60.4 Å². The summed E-state index contributed by atoms with van der Waals surface area (Å²) in [5.41, 5.74) is 2.88. The predicted octanol–water partition coefficient (Wildman–Crippen LogP) is 6.12. The molecule has 10 nitrogen and oxygen atoms in total. The van der Waals surface area contributed by atoms with E-state index >= 15 is 0 Å². The molecular weight excluding hydrogens is 617 g/mol. The van der Waals surface area contributed by atoms with Crippen molar-refractivity contribution in [3.8, 4) is 17.2 Å². The van der Waals surface area contributed by atoms with Crippen molar-refractivity contribution in [3.05, 3.63) is 53.6 Å². The number of carbonyl (C=O) groups excluding carboxylic acids is 2. The molecule has 0 saturated carbocycles. The molecule has 3 aromatic carbocycles. The van der Waals surface area contributed by atoms with Crippen LogP contribution in [-0.4, -0.2) is 73.8 Å². The SMILES string of the molecule is COc1cc2c(cc1OCCCCCC(=O)N1C[C@@H](CCl)c3c1cc(OP=O)c1ccccc31)N(C)C(O)[C@@H]1CCCN1C2=O. The van der Waals surface area contributed by atoms with E-state index in [2.05, 4.69) is 0 Å². The fourth-order valence-corrected chi connectivity index (χ4v) is 7.44. The van der Waals surface area contributed by atoms with Gasteiger partial charge in [0.15, 0.2) is 11.5 Å². The number of aliphatic hydroxyl groups excluding tert-OH is 1. The van der Waals surface area contributed by atoms with Crippen molar-refractivity contribution < 1.29 is 33.3 Å². The molecule has 12 heteroatoms. The van der Waals surface area contributed by atoms with Crippen molar-refractivity contribution in [2.45, 2.75) is 56.7 Å². The maximum absolute atomic E-state index is 13.4. The summed E-state index contributed by atoms with van der Waals surface area (Å²) >= 11 is 6.35. The van der Waals surface area contributed by atoms with E-state index in [1.54, 1.807) is 47.1 Å². The van der Waals surface area contributed by atoms with Crippen molar-refractivity contribution in [1.29, 1.82) is 0 Å². The number of nitrogens with zero attached hydrogens (tertiary/aromatic N) is 3. The summed E-state index contributed by atoms with van der Waals surface area (Å²) in [4.78, 5) is 32.0. The number of anilines is 2. The van der Waals surface area contributed by atoms with Crippen LogP contribution < -0.4 is 23.8 Å². The zero-order chi connectivity index (χ0) is 31.7. The Morgan fingerprint density at radius 1 is 1.07 bits per heavy atom. The molecule has 45 heavy (non-hydrogen) atoms. The molecule has 1 fully saturated rings. The molecule has 0 radical (unpaired) electrons. The number of ether oxygens (including phenoxy) is 2. The lowest BCUT2D eigenvalue weighted by Gasteiger charge is -2.31. The minimum absolute atomic E-state index is 0.00452. The number of unbranched alkanes of at least 4 members (excludes halogenated alkanes) is 2. The second-order valence-corrected chi connectivity index (χ2v) is 12.4. The average Bonchev–Trinajstić information content (AvgIpc) is 3.69. The number of fused-ring (bicyclic) bond motifs is 5. The van der Waals surface area contributed by atoms with E-state index in [9.17, 15) is 19.3 Å². The molecule has 0 aliphatic carbocycles. The van der Waals surface area contributed by atoms with Crippen LogP contribution in [-0.2, 0) is 9.36 Å². The van der Waals surface area contributed by atoms with E-state index in [1.807, 2.05) is 24.3 Å². The summed E-state index contributed by atoms with van der Waals surface area (Å²) in [5.74, 6) is 1.70. The maximum Gasteiger partial charge on any atom is 0.395 e. The van der Waals surface area contributed by atoms with Crippen molar-refractivity contribution in [1.82, 2.24) is 4.90 Å². The summed E-state index contributed by atoms with van der Waals surface area (Å²) in [6, 6.07) is 12.8. The molecule has 1 N–H and O–H groups in total. The topological polar surface area (TPSA) is 109 Å². The molecule has 3 aliphatic rings. The number of likely N-dealkylation sites (N-methyl/N-ethyl adjacent to an activating group) is 1. The Bertz CT molecular complexity index is 1620. The van der Waals surface area contributed by atoms with Crippen molar-refractivity contribution in [2.75, 3.05) is 49.5 Å². The molecule has 1 saturated heterocycles. The van der Waals surface area contributed by atoms with Crippen LogP contribution >= 0.6 is 20.3 Å². The van der Waals surface area contributed by atoms with Crippen LogP contribution in [0.15, 0.2) is 42.5 Å². The first-order chi connectivity index (χ1) is 21.9. The first-order valence-corrected chi connectivity index (χ1v) is 16.6. The van der Waals surface area contributed by atoms with Gasteiger partial charge < -0.3 is 33.8 Å². The Kier molecular flexibility index (Phi) is 9.36. The first kappa shape index (κ1) is 31.4. The van der Waals surface area contributed by atoms with Crippen molar-refractivity contribution >= 4 is 54.2 Å². The molecule has 3 heterocycles. The monoisotopic (exact) mass is 653 g/mol. The molecule has 3 atom stereocenters. The molecule has 0 aromatic heterocycles. The number of benzene rings is 3. The van der Waals surface area contributed by atoms with Gasteiger partial charge in [-0.3, -0.25) is 9.59 Å². The third-order valence-corrected chi connectivity index (χ3v) is 9.88. The maximum atomic E-state index is 13.4. The van der Waals surface area contributed by atoms with Gasteiger partial charge in [0, 0.05) is 55.9 Å². The van der Waals surface area contributed by atoms with Gasteiger partial charge in [0.25, 0.3) is 5.91 Å². The minimum atomic E-state index is -0.803. The molecule has 0 spiro atoms. The van der Waals surface area contributed by atoms with Crippen LogP contribution in [0, 0.1) is 0 Å². The van der Waals surface area contributed by atoms with Crippen LogP contribution in [0.25, 0.3) is 10.8 Å². The van der Waals surface area contributed by atoms with Crippen LogP contribution in [0.2, 0.25) is 0 Å². The number of aliphatic hydroxyl groups is 1. The van der Waals surface area contributed by atoms with Crippen LogP contribution in [0.5, 0.6) is 17.2 Å². The number of methoxy groups -OCH3 is 1. The molecule has 3 aliphatic heterocycles. The molecule has 2 amide bonds. The van der Waals surface area contributed by atoms with E-state index in [4.69, 9.17) is 25.6 Å². The van der Waals surface area contributed by atoms with Gasteiger partial charge in [-0.25, -0.2) is 4.57 Å².